The molecule has 0 amide bonds. The number of hydrogen-bond acceptors (Lipinski definition) is 4. The highest BCUT2D eigenvalue weighted by atomic mass is 15.7. The fourth-order valence-corrected chi connectivity index (χ4v) is 5.04. The maximum atomic E-state index is 5.93. The van der Waals surface area contributed by atoms with Crippen molar-refractivity contribution in [2.45, 2.75) is 45.1 Å². The first-order chi connectivity index (χ1) is 8.22. The van der Waals surface area contributed by atoms with Crippen LogP contribution in [0, 0.1) is 23.7 Å². The van der Waals surface area contributed by atoms with E-state index in [1.54, 1.807) is 0 Å². The molecule has 0 spiro atoms. The predicted octanol–water partition coefficient (Wildman–Crippen LogP) is 1.28. The summed E-state index contributed by atoms with van der Waals surface area (Å²) in [4.78, 5) is 0. The summed E-state index contributed by atoms with van der Waals surface area (Å²) in [5, 5.41) is 2.32. The third kappa shape index (κ3) is 1.33. The van der Waals surface area contributed by atoms with Gasteiger partial charge < -0.3 is 5.73 Å². The van der Waals surface area contributed by atoms with E-state index in [2.05, 4.69) is 22.9 Å². The molecule has 0 aromatic heterocycles. The molecule has 4 saturated carbocycles. The van der Waals surface area contributed by atoms with E-state index < -0.39 is 0 Å². The molecule has 4 nitrogen and oxygen atoms in total. The molecule has 4 heteroatoms. The molecule has 0 radical (unpaired) electrons. The van der Waals surface area contributed by atoms with Crippen LogP contribution >= 0.6 is 0 Å². The summed E-state index contributed by atoms with van der Waals surface area (Å²) in [6.07, 6.45) is 7.31. The van der Waals surface area contributed by atoms with Crippen molar-refractivity contribution in [3.63, 3.8) is 0 Å². The average molecular weight is 234 g/mol. The van der Waals surface area contributed by atoms with E-state index in [1.165, 1.54) is 37.8 Å². The van der Waals surface area contributed by atoms with Crippen molar-refractivity contribution in [1.82, 2.24) is 16.0 Å². The zero-order valence-corrected chi connectivity index (χ0v) is 10.4. The summed E-state index contributed by atoms with van der Waals surface area (Å²) in [6.45, 7) is 2.12. The van der Waals surface area contributed by atoms with Crippen LogP contribution in [-0.2, 0) is 0 Å². The molecule has 0 aromatic rings. The molecule has 0 aromatic carbocycles. The Labute approximate surface area is 103 Å². The smallest absolute Gasteiger partial charge is 0.133 e. The number of hydrogen-bond donors (Lipinski definition) is 3. The normalized spacial score (nSPS) is 47.8. The van der Waals surface area contributed by atoms with Gasteiger partial charge in [0.05, 0.1) is 11.7 Å². The number of hydrazine groups is 2. The quantitative estimate of drug-likeness (QED) is 0.640. The van der Waals surface area contributed by atoms with Gasteiger partial charge in [-0.15, -0.1) is 5.53 Å². The van der Waals surface area contributed by atoms with Crippen molar-refractivity contribution in [1.29, 1.82) is 0 Å². The van der Waals surface area contributed by atoms with E-state index in [-0.39, 0.29) is 0 Å². The molecule has 0 unspecified atom stereocenters. The summed E-state index contributed by atoms with van der Waals surface area (Å²) >= 11 is 0. The van der Waals surface area contributed by atoms with Crippen LogP contribution in [-0.4, -0.2) is 11.1 Å². The van der Waals surface area contributed by atoms with Crippen LogP contribution in [0.15, 0.2) is 11.5 Å². The second kappa shape index (κ2) is 3.31. The fourth-order valence-electron chi connectivity index (χ4n) is 5.04. The molecular formula is C13H22N4. The highest BCUT2D eigenvalue weighted by molar-refractivity contribution is 5.13. The van der Waals surface area contributed by atoms with Crippen LogP contribution in [0.5, 0.6) is 0 Å². The summed E-state index contributed by atoms with van der Waals surface area (Å²) in [7, 11) is 0. The zero-order valence-electron chi connectivity index (χ0n) is 10.4. The minimum Gasteiger partial charge on any atom is -0.383 e. The molecule has 1 heterocycles. The summed E-state index contributed by atoms with van der Waals surface area (Å²) < 4.78 is 0. The molecule has 17 heavy (non-hydrogen) atoms. The SMILES string of the molecule is CC1=C(N)NNN1C1C2CC3CC(C2)CC1C3. The first kappa shape index (κ1) is 10.1. The fraction of sp³-hybridized carbons (Fsp3) is 0.846. The van der Waals surface area contributed by atoms with E-state index in [0.717, 1.165) is 29.5 Å². The van der Waals surface area contributed by atoms with E-state index in [0.29, 0.717) is 6.04 Å². The Morgan fingerprint density at radius 1 is 1.06 bits per heavy atom. The van der Waals surface area contributed by atoms with Crippen molar-refractivity contribution in [2.24, 2.45) is 29.4 Å². The van der Waals surface area contributed by atoms with Gasteiger partial charge in [0, 0.05) is 0 Å². The number of nitrogens with one attached hydrogen (secondary N) is 2. The van der Waals surface area contributed by atoms with Crippen LogP contribution in [0.2, 0.25) is 0 Å². The van der Waals surface area contributed by atoms with Gasteiger partial charge in [0.1, 0.15) is 5.82 Å². The van der Waals surface area contributed by atoms with Gasteiger partial charge in [-0.3, -0.25) is 10.4 Å². The van der Waals surface area contributed by atoms with Crippen LogP contribution in [0.1, 0.15) is 39.0 Å². The molecule has 4 bridgehead atoms. The highest BCUT2D eigenvalue weighted by Crippen LogP contribution is 2.55. The minimum absolute atomic E-state index is 0.677. The third-order valence-electron chi connectivity index (χ3n) is 5.54. The molecule has 94 valence electrons. The van der Waals surface area contributed by atoms with E-state index >= 15 is 0 Å². The Hall–Kier alpha value is -0.900. The Kier molecular flexibility index (Phi) is 1.96. The third-order valence-corrected chi connectivity index (χ3v) is 5.54. The van der Waals surface area contributed by atoms with E-state index in [1.807, 2.05) is 0 Å². The standard InChI is InChI=1S/C13H22N4/c1-7-13(14)15-16-17(7)12-10-3-8-2-9(5-10)6-11(12)4-8/h8-12,15-16H,2-6,14H2,1H3. The number of rotatable bonds is 1. The van der Waals surface area contributed by atoms with Gasteiger partial charge in [0.2, 0.25) is 0 Å². The molecule has 5 rings (SSSR count). The summed E-state index contributed by atoms with van der Waals surface area (Å²) in [6, 6.07) is 0.677. The lowest BCUT2D eigenvalue weighted by molar-refractivity contribution is -0.0683. The zero-order chi connectivity index (χ0) is 11.6. The van der Waals surface area contributed by atoms with Crippen LogP contribution in [0.4, 0.5) is 0 Å². The van der Waals surface area contributed by atoms with E-state index in [4.69, 9.17) is 5.73 Å². The van der Waals surface area contributed by atoms with Gasteiger partial charge >= 0.3 is 0 Å². The van der Waals surface area contributed by atoms with Gasteiger partial charge in [0.15, 0.2) is 0 Å². The van der Waals surface area contributed by atoms with Gasteiger partial charge in [-0.1, -0.05) is 0 Å². The highest BCUT2D eigenvalue weighted by Gasteiger charge is 2.51. The van der Waals surface area contributed by atoms with E-state index in [9.17, 15) is 0 Å². The van der Waals surface area contributed by atoms with Crippen molar-refractivity contribution in [3.8, 4) is 0 Å². The molecule has 5 aliphatic rings. The van der Waals surface area contributed by atoms with Crippen molar-refractivity contribution in [2.75, 3.05) is 0 Å². The molecule has 1 aliphatic heterocycles. The monoisotopic (exact) mass is 234 g/mol. The largest absolute Gasteiger partial charge is 0.383 e. The van der Waals surface area contributed by atoms with Gasteiger partial charge in [-0.05, 0) is 62.7 Å². The van der Waals surface area contributed by atoms with Crippen molar-refractivity contribution >= 4 is 0 Å². The second-order valence-electron chi connectivity index (χ2n) is 6.53. The Balaban J connectivity index is 1.63. The number of allylic oxidation sites excluding steroid dienone is 1. The summed E-state index contributed by atoms with van der Waals surface area (Å²) in [5.41, 5.74) is 13.4. The maximum Gasteiger partial charge on any atom is 0.133 e. The first-order valence-corrected chi connectivity index (χ1v) is 6.99. The molecular weight excluding hydrogens is 212 g/mol. The Bertz CT molecular complexity index is 348. The van der Waals surface area contributed by atoms with Gasteiger partial charge in [-0.25, -0.2) is 0 Å². The van der Waals surface area contributed by atoms with Gasteiger partial charge in [0.25, 0.3) is 0 Å². The molecule has 0 saturated heterocycles. The van der Waals surface area contributed by atoms with Crippen LogP contribution in [0.25, 0.3) is 0 Å². The Morgan fingerprint density at radius 3 is 2.12 bits per heavy atom. The maximum absolute atomic E-state index is 5.93. The summed E-state index contributed by atoms with van der Waals surface area (Å²) in [5.74, 6) is 4.64. The minimum atomic E-state index is 0.677. The molecule has 4 N–H and O–H groups in total. The number of nitrogens with two attached hydrogens (primary N) is 1. The number of nitrogens with zero attached hydrogens (tertiary/aromatic N) is 1. The Morgan fingerprint density at radius 2 is 1.65 bits per heavy atom. The first-order valence-electron chi connectivity index (χ1n) is 6.99. The molecule has 0 atom stereocenters. The van der Waals surface area contributed by atoms with Crippen LogP contribution < -0.4 is 16.7 Å². The topological polar surface area (TPSA) is 53.3 Å². The average Bonchev–Trinajstić information content (AvgIpc) is 2.60. The van der Waals surface area contributed by atoms with Crippen molar-refractivity contribution in [3.05, 3.63) is 11.5 Å². The van der Waals surface area contributed by atoms with Crippen LogP contribution in [0.3, 0.4) is 0 Å². The van der Waals surface area contributed by atoms with Gasteiger partial charge in [-0.2, -0.15) is 0 Å². The molecule has 4 aliphatic carbocycles. The lowest BCUT2D eigenvalue weighted by Crippen LogP contribution is -2.58. The lowest BCUT2D eigenvalue weighted by atomic mass is 9.54. The second-order valence-corrected chi connectivity index (χ2v) is 6.53. The predicted molar refractivity (Wildman–Crippen MR) is 65.8 cm³/mol. The van der Waals surface area contributed by atoms with Crippen molar-refractivity contribution < 1.29 is 0 Å². The lowest BCUT2D eigenvalue weighted by Gasteiger charge is -2.56. The molecule has 4 fully saturated rings.